The van der Waals surface area contributed by atoms with Gasteiger partial charge in [-0.15, -0.1) is 0 Å². The van der Waals surface area contributed by atoms with Crippen molar-refractivity contribution in [3.63, 3.8) is 0 Å². The SMILES string of the molecule is Cc1cc(C)cc(NC(=S)Nc2ccccc2NS(=O)(=O)c2ccc(F)cc2)c1. The Balaban J connectivity index is 1.78. The van der Waals surface area contributed by atoms with Gasteiger partial charge in [0, 0.05) is 5.69 Å². The van der Waals surface area contributed by atoms with Gasteiger partial charge in [-0.25, -0.2) is 12.8 Å². The van der Waals surface area contributed by atoms with E-state index in [4.69, 9.17) is 12.2 Å². The summed E-state index contributed by atoms with van der Waals surface area (Å²) < 4.78 is 40.8. The summed E-state index contributed by atoms with van der Waals surface area (Å²) in [6.45, 7) is 3.99. The Bertz CT molecular complexity index is 1130. The van der Waals surface area contributed by atoms with Crippen LogP contribution in [0.2, 0.25) is 0 Å². The maximum atomic E-state index is 13.1. The van der Waals surface area contributed by atoms with Crippen molar-refractivity contribution in [2.45, 2.75) is 18.7 Å². The van der Waals surface area contributed by atoms with Crippen molar-refractivity contribution in [3.05, 3.63) is 83.7 Å². The molecule has 0 atom stereocenters. The summed E-state index contributed by atoms with van der Waals surface area (Å²) in [6, 6.07) is 17.4. The molecule has 0 aromatic heterocycles. The molecule has 0 unspecified atom stereocenters. The zero-order valence-electron chi connectivity index (χ0n) is 15.9. The Morgan fingerprint density at radius 3 is 2.07 bits per heavy atom. The molecule has 0 saturated heterocycles. The number of thiocarbonyl (C=S) groups is 1. The van der Waals surface area contributed by atoms with Gasteiger partial charge in [0.2, 0.25) is 0 Å². The van der Waals surface area contributed by atoms with Crippen LogP contribution in [0.1, 0.15) is 11.1 Å². The average molecular weight is 430 g/mol. The number of halogens is 1. The molecular weight excluding hydrogens is 409 g/mol. The number of para-hydroxylation sites is 2. The second-order valence-corrected chi connectivity index (χ2v) is 8.65. The van der Waals surface area contributed by atoms with Gasteiger partial charge in [-0.3, -0.25) is 4.72 Å². The second-order valence-electron chi connectivity index (χ2n) is 6.56. The summed E-state index contributed by atoms with van der Waals surface area (Å²) in [5.74, 6) is -0.506. The van der Waals surface area contributed by atoms with Gasteiger partial charge in [-0.1, -0.05) is 18.2 Å². The van der Waals surface area contributed by atoms with Crippen LogP contribution in [0, 0.1) is 19.7 Å². The molecule has 5 nitrogen and oxygen atoms in total. The Morgan fingerprint density at radius 2 is 1.45 bits per heavy atom. The van der Waals surface area contributed by atoms with E-state index in [1.165, 1.54) is 12.1 Å². The van der Waals surface area contributed by atoms with Gasteiger partial charge in [-0.2, -0.15) is 0 Å². The minimum absolute atomic E-state index is 0.0374. The fraction of sp³-hybridized carbons (Fsp3) is 0.0952. The Kier molecular flexibility index (Phi) is 6.14. The number of aryl methyl sites for hydroxylation is 2. The molecule has 150 valence electrons. The maximum Gasteiger partial charge on any atom is 0.261 e. The number of rotatable bonds is 5. The lowest BCUT2D eigenvalue weighted by atomic mass is 10.1. The first kappa shape index (κ1) is 20.8. The number of anilines is 3. The number of hydrogen-bond acceptors (Lipinski definition) is 3. The molecule has 3 aromatic carbocycles. The van der Waals surface area contributed by atoms with Crippen molar-refractivity contribution in [1.29, 1.82) is 0 Å². The van der Waals surface area contributed by atoms with Crippen molar-refractivity contribution in [3.8, 4) is 0 Å². The zero-order valence-corrected chi connectivity index (χ0v) is 17.5. The van der Waals surface area contributed by atoms with Crippen LogP contribution < -0.4 is 15.4 Å². The number of nitrogens with one attached hydrogen (secondary N) is 3. The quantitative estimate of drug-likeness (QED) is 0.495. The van der Waals surface area contributed by atoms with E-state index in [9.17, 15) is 12.8 Å². The van der Waals surface area contributed by atoms with Crippen molar-refractivity contribution in [2.24, 2.45) is 0 Å². The average Bonchev–Trinajstić information content (AvgIpc) is 2.62. The third-order valence-corrected chi connectivity index (χ3v) is 5.61. The highest BCUT2D eigenvalue weighted by Crippen LogP contribution is 2.25. The Hall–Kier alpha value is -2.97. The van der Waals surface area contributed by atoms with Gasteiger partial charge in [-0.05, 0) is 85.7 Å². The Morgan fingerprint density at radius 1 is 0.862 bits per heavy atom. The summed E-state index contributed by atoms with van der Waals surface area (Å²) in [6.07, 6.45) is 0. The van der Waals surface area contributed by atoms with Crippen LogP contribution in [0.5, 0.6) is 0 Å². The molecule has 29 heavy (non-hydrogen) atoms. The molecule has 0 aliphatic heterocycles. The van der Waals surface area contributed by atoms with E-state index in [0.717, 1.165) is 28.9 Å². The molecule has 0 bridgehead atoms. The molecule has 0 aliphatic rings. The van der Waals surface area contributed by atoms with Crippen molar-refractivity contribution >= 4 is 44.4 Å². The minimum atomic E-state index is -3.88. The predicted octanol–water partition coefficient (Wildman–Crippen LogP) is 5.05. The largest absolute Gasteiger partial charge is 0.332 e. The van der Waals surface area contributed by atoms with Crippen LogP contribution in [-0.4, -0.2) is 13.5 Å². The van der Waals surface area contributed by atoms with Crippen LogP contribution in [0.15, 0.2) is 71.6 Å². The number of hydrogen-bond donors (Lipinski definition) is 3. The molecule has 0 fully saturated rings. The smallest absolute Gasteiger partial charge is 0.261 e. The molecule has 0 heterocycles. The van der Waals surface area contributed by atoms with Gasteiger partial charge in [0.15, 0.2) is 5.11 Å². The second kappa shape index (κ2) is 8.59. The van der Waals surface area contributed by atoms with Gasteiger partial charge in [0.05, 0.1) is 16.3 Å². The summed E-state index contributed by atoms with van der Waals surface area (Å²) in [7, 11) is -3.88. The highest BCUT2D eigenvalue weighted by molar-refractivity contribution is 7.92. The van der Waals surface area contributed by atoms with E-state index in [1.807, 2.05) is 26.0 Å². The summed E-state index contributed by atoms with van der Waals surface area (Å²) in [5, 5.41) is 6.44. The number of sulfonamides is 1. The third-order valence-electron chi connectivity index (χ3n) is 4.02. The van der Waals surface area contributed by atoms with Crippen LogP contribution in [0.25, 0.3) is 0 Å². The first-order chi connectivity index (χ1) is 13.7. The highest BCUT2D eigenvalue weighted by atomic mass is 32.2. The molecule has 3 aromatic rings. The van der Waals surface area contributed by atoms with E-state index in [2.05, 4.69) is 21.4 Å². The van der Waals surface area contributed by atoms with Crippen LogP contribution in [0.3, 0.4) is 0 Å². The standard InChI is InChI=1S/C21H20FN3O2S2/c1-14-11-15(2)13-17(12-14)23-21(28)24-19-5-3-4-6-20(19)25-29(26,27)18-9-7-16(22)8-10-18/h3-13,25H,1-2H3,(H2,23,24,28). The van der Waals surface area contributed by atoms with Crippen LogP contribution in [0.4, 0.5) is 21.5 Å². The Labute approximate surface area is 175 Å². The van der Waals surface area contributed by atoms with Gasteiger partial charge in [0.25, 0.3) is 10.0 Å². The monoisotopic (exact) mass is 429 g/mol. The first-order valence-corrected chi connectivity index (χ1v) is 10.7. The molecule has 0 spiro atoms. The topological polar surface area (TPSA) is 70.2 Å². The lowest BCUT2D eigenvalue weighted by Crippen LogP contribution is -2.21. The highest BCUT2D eigenvalue weighted by Gasteiger charge is 2.16. The van der Waals surface area contributed by atoms with Crippen LogP contribution in [-0.2, 0) is 10.0 Å². The molecule has 3 rings (SSSR count). The van der Waals surface area contributed by atoms with E-state index < -0.39 is 15.8 Å². The van der Waals surface area contributed by atoms with Gasteiger partial charge >= 0.3 is 0 Å². The van der Waals surface area contributed by atoms with Crippen molar-refractivity contribution in [1.82, 2.24) is 0 Å². The fourth-order valence-corrected chi connectivity index (χ4v) is 4.14. The predicted molar refractivity (Wildman–Crippen MR) is 119 cm³/mol. The van der Waals surface area contributed by atoms with Gasteiger partial charge in [0.1, 0.15) is 5.82 Å². The molecule has 0 radical (unpaired) electrons. The third kappa shape index (κ3) is 5.52. The van der Waals surface area contributed by atoms with E-state index in [1.54, 1.807) is 24.3 Å². The normalized spacial score (nSPS) is 11.0. The lowest BCUT2D eigenvalue weighted by Gasteiger charge is -2.16. The molecule has 0 amide bonds. The fourth-order valence-electron chi connectivity index (χ4n) is 2.83. The molecule has 0 saturated carbocycles. The van der Waals surface area contributed by atoms with Crippen molar-refractivity contribution < 1.29 is 12.8 Å². The van der Waals surface area contributed by atoms with Gasteiger partial charge < -0.3 is 10.6 Å². The number of benzene rings is 3. The van der Waals surface area contributed by atoms with Crippen molar-refractivity contribution in [2.75, 3.05) is 15.4 Å². The van der Waals surface area contributed by atoms with Crippen LogP contribution >= 0.6 is 12.2 Å². The van der Waals surface area contributed by atoms with E-state index in [-0.39, 0.29) is 4.90 Å². The summed E-state index contributed by atoms with van der Waals surface area (Å²) in [5.41, 5.74) is 3.84. The first-order valence-electron chi connectivity index (χ1n) is 8.77. The maximum absolute atomic E-state index is 13.1. The summed E-state index contributed by atoms with van der Waals surface area (Å²) >= 11 is 5.37. The van der Waals surface area contributed by atoms with E-state index >= 15 is 0 Å². The van der Waals surface area contributed by atoms with E-state index in [0.29, 0.717) is 16.5 Å². The lowest BCUT2D eigenvalue weighted by molar-refractivity contribution is 0.599. The molecule has 8 heteroatoms. The molecule has 0 aliphatic carbocycles. The minimum Gasteiger partial charge on any atom is -0.332 e. The summed E-state index contributed by atoms with van der Waals surface area (Å²) in [4.78, 5) is -0.0374. The molecular formula is C21H20FN3O2S2. The zero-order chi connectivity index (χ0) is 21.0. The molecule has 3 N–H and O–H groups in total.